The van der Waals surface area contributed by atoms with E-state index in [0.717, 1.165) is 6.07 Å². The van der Waals surface area contributed by atoms with E-state index in [1.165, 1.54) is 11.3 Å². The number of nitro groups is 1. The van der Waals surface area contributed by atoms with E-state index in [-0.39, 0.29) is 5.69 Å². The van der Waals surface area contributed by atoms with Gasteiger partial charge in [-0.05, 0) is 11.4 Å². The summed E-state index contributed by atoms with van der Waals surface area (Å²) in [7, 11) is 0. The fraction of sp³-hybridized carbons (Fsp3) is 0. The fourth-order valence-corrected chi connectivity index (χ4v) is 2.06. The van der Waals surface area contributed by atoms with E-state index < -0.39 is 28.0 Å². The molecule has 1 heterocycles. The molecule has 0 saturated carbocycles. The van der Waals surface area contributed by atoms with Crippen molar-refractivity contribution in [2.24, 2.45) is 0 Å². The van der Waals surface area contributed by atoms with Crippen molar-refractivity contribution in [2.75, 3.05) is 5.32 Å². The molecule has 0 radical (unpaired) electrons. The van der Waals surface area contributed by atoms with Crippen LogP contribution in [-0.4, -0.2) is 16.0 Å². The number of carbonyl (C=O) groups is 1. The van der Waals surface area contributed by atoms with E-state index in [9.17, 15) is 19.3 Å². The van der Waals surface area contributed by atoms with Crippen molar-refractivity contribution >= 4 is 34.4 Å². The summed E-state index contributed by atoms with van der Waals surface area (Å²) >= 11 is 1.37. The van der Waals surface area contributed by atoms with Gasteiger partial charge in [0, 0.05) is 23.2 Å². The van der Waals surface area contributed by atoms with Gasteiger partial charge in [-0.25, -0.2) is 9.18 Å². The van der Waals surface area contributed by atoms with Crippen molar-refractivity contribution in [1.29, 1.82) is 0 Å². The molecule has 0 bridgehead atoms. The lowest BCUT2D eigenvalue weighted by molar-refractivity contribution is -0.384. The Bertz CT molecular complexity index is 642. The summed E-state index contributed by atoms with van der Waals surface area (Å²) in [4.78, 5) is 20.9. The molecule has 1 aromatic carbocycles. The van der Waals surface area contributed by atoms with Crippen molar-refractivity contribution < 1.29 is 19.2 Å². The standard InChI is InChI=1S/C11H7FN2O4S/c12-8-4-9(13-6-1-2-19-5-6)10(14(17)18)3-7(8)11(15)16/h1-5,13H,(H,15,16). The van der Waals surface area contributed by atoms with Crippen molar-refractivity contribution in [3.05, 3.63) is 50.5 Å². The zero-order valence-electron chi connectivity index (χ0n) is 9.29. The Morgan fingerprint density at radius 2 is 2.21 bits per heavy atom. The molecule has 19 heavy (non-hydrogen) atoms. The van der Waals surface area contributed by atoms with E-state index in [4.69, 9.17) is 5.11 Å². The van der Waals surface area contributed by atoms with Gasteiger partial charge in [0.15, 0.2) is 0 Å². The molecule has 6 nitrogen and oxygen atoms in total. The molecule has 2 aromatic rings. The van der Waals surface area contributed by atoms with E-state index in [1.54, 1.807) is 16.8 Å². The number of nitro benzene ring substituents is 1. The summed E-state index contributed by atoms with van der Waals surface area (Å²) in [6, 6.07) is 3.17. The van der Waals surface area contributed by atoms with Crippen molar-refractivity contribution in [1.82, 2.24) is 0 Å². The number of hydrogen-bond acceptors (Lipinski definition) is 5. The number of carboxylic acids is 1. The van der Waals surface area contributed by atoms with Crippen LogP contribution in [0.25, 0.3) is 0 Å². The molecule has 0 unspecified atom stereocenters. The van der Waals surface area contributed by atoms with Crippen molar-refractivity contribution in [2.45, 2.75) is 0 Å². The molecule has 8 heteroatoms. The minimum Gasteiger partial charge on any atom is -0.478 e. The Balaban J connectivity index is 2.50. The third-order valence-corrected chi connectivity index (χ3v) is 3.00. The highest BCUT2D eigenvalue weighted by molar-refractivity contribution is 7.08. The molecule has 1 aromatic heterocycles. The number of thiophene rings is 1. The fourth-order valence-electron chi connectivity index (χ4n) is 1.47. The highest BCUT2D eigenvalue weighted by Crippen LogP contribution is 2.31. The average molecular weight is 282 g/mol. The molecule has 0 aliphatic carbocycles. The third kappa shape index (κ3) is 2.68. The second kappa shape index (κ2) is 5.02. The molecule has 98 valence electrons. The number of carboxylic acid groups (broad SMARTS) is 1. The molecule has 0 amide bonds. The van der Waals surface area contributed by atoms with Crippen molar-refractivity contribution in [3.63, 3.8) is 0 Å². The minimum atomic E-state index is -1.55. The Morgan fingerprint density at radius 1 is 1.47 bits per heavy atom. The monoisotopic (exact) mass is 282 g/mol. The van der Waals surface area contributed by atoms with Gasteiger partial charge in [-0.2, -0.15) is 11.3 Å². The van der Waals surface area contributed by atoms with Crippen LogP contribution in [0.5, 0.6) is 0 Å². The number of hydrogen-bond donors (Lipinski definition) is 2. The van der Waals surface area contributed by atoms with Crippen LogP contribution in [0.1, 0.15) is 10.4 Å². The van der Waals surface area contributed by atoms with Gasteiger partial charge >= 0.3 is 5.97 Å². The number of nitrogens with zero attached hydrogens (tertiary/aromatic N) is 1. The molecule has 0 spiro atoms. The van der Waals surface area contributed by atoms with Crippen LogP contribution in [0.2, 0.25) is 0 Å². The summed E-state index contributed by atoms with van der Waals surface area (Å²) in [5.41, 5.74) is -0.756. The van der Waals surface area contributed by atoms with Crippen molar-refractivity contribution in [3.8, 4) is 0 Å². The molecule has 0 fully saturated rings. The Kier molecular flexibility index (Phi) is 3.43. The topological polar surface area (TPSA) is 92.5 Å². The summed E-state index contributed by atoms with van der Waals surface area (Å²) < 4.78 is 13.5. The van der Waals surface area contributed by atoms with Crippen LogP contribution in [0.3, 0.4) is 0 Å². The number of benzene rings is 1. The second-order valence-electron chi connectivity index (χ2n) is 3.55. The first-order chi connectivity index (χ1) is 8.99. The van der Waals surface area contributed by atoms with Gasteiger partial charge < -0.3 is 10.4 Å². The molecule has 0 aliphatic rings. The molecule has 2 N–H and O–H groups in total. The van der Waals surface area contributed by atoms with E-state index in [1.807, 2.05) is 0 Å². The zero-order chi connectivity index (χ0) is 14.0. The van der Waals surface area contributed by atoms with Crippen LogP contribution < -0.4 is 5.32 Å². The first-order valence-corrected chi connectivity index (χ1v) is 5.94. The summed E-state index contributed by atoms with van der Waals surface area (Å²) in [6.07, 6.45) is 0. The Labute approximate surface area is 110 Å². The normalized spacial score (nSPS) is 10.2. The summed E-state index contributed by atoms with van der Waals surface area (Å²) in [5.74, 6) is -2.58. The lowest BCUT2D eigenvalue weighted by atomic mass is 10.1. The Hall–Kier alpha value is -2.48. The number of rotatable bonds is 4. The second-order valence-corrected chi connectivity index (χ2v) is 4.33. The molecule has 0 saturated heterocycles. The minimum absolute atomic E-state index is 0.0918. The van der Waals surface area contributed by atoms with E-state index >= 15 is 0 Å². The molecular weight excluding hydrogens is 275 g/mol. The van der Waals surface area contributed by atoms with Gasteiger partial charge in [0.2, 0.25) is 0 Å². The van der Waals surface area contributed by atoms with Gasteiger partial charge in [-0.15, -0.1) is 0 Å². The zero-order valence-corrected chi connectivity index (χ0v) is 10.1. The van der Waals surface area contributed by atoms with Gasteiger partial charge in [0.25, 0.3) is 5.69 Å². The lowest BCUT2D eigenvalue weighted by Crippen LogP contribution is -2.05. The highest BCUT2D eigenvalue weighted by Gasteiger charge is 2.22. The highest BCUT2D eigenvalue weighted by atomic mass is 32.1. The maximum absolute atomic E-state index is 13.5. The van der Waals surface area contributed by atoms with Gasteiger partial charge in [0.1, 0.15) is 17.1 Å². The van der Waals surface area contributed by atoms with Crippen LogP contribution in [0.4, 0.5) is 21.5 Å². The SMILES string of the molecule is O=C(O)c1cc([N+](=O)[O-])c(Nc2ccsc2)cc1F. The summed E-state index contributed by atoms with van der Waals surface area (Å²) in [5, 5.41) is 25.7. The van der Waals surface area contributed by atoms with Gasteiger partial charge in [0.05, 0.1) is 4.92 Å². The number of halogens is 1. The third-order valence-electron chi connectivity index (χ3n) is 2.31. The molecule has 2 rings (SSSR count). The number of aromatic carboxylic acids is 1. The average Bonchev–Trinajstić information content (AvgIpc) is 2.81. The Morgan fingerprint density at radius 3 is 2.74 bits per heavy atom. The summed E-state index contributed by atoms with van der Waals surface area (Å²) in [6.45, 7) is 0. The first kappa shape index (κ1) is 13.0. The molecular formula is C11H7FN2O4S. The van der Waals surface area contributed by atoms with Gasteiger partial charge in [-0.3, -0.25) is 10.1 Å². The molecule has 0 aliphatic heterocycles. The lowest BCUT2D eigenvalue weighted by Gasteiger charge is -2.06. The van der Waals surface area contributed by atoms with Crippen LogP contribution in [0.15, 0.2) is 29.0 Å². The maximum Gasteiger partial charge on any atom is 0.338 e. The van der Waals surface area contributed by atoms with E-state index in [0.29, 0.717) is 11.8 Å². The quantitative estimate of drug-likeness (QED) is 0.663. The van der Waals surface area contributed by atoms with Gasteiger partial charge in [-0.1, -0.05) is 0 Å². The number of nitrogens with one attached hydrogen (secondary N) is 1. The predicted molar refractivity (Wildman–Crippen MR) is 67.6 cm³/mol. The first-order valence-electron chi connectivity index (χ1n) is 4.99. The number of anilines is 2. The maximum atomic E-state index is 13.5. The smallest absolute Gasteiger partial charge is 0.338 e. The molecule has 0 atom stereocenters. The van der Waals surface area contributed by atoms with E-state index in [2.05, 4.69) is 5.32 Å². The van der Waals surface area contributed by atoms with Crippen LogP contribution >= 0.6 is 11.3 Å². The largest absolute Gasteiger partial charge is 0.478 e. The van der Waals surface area contributed by atoms with Crippen LogP contribution in [0, 0.1) is 15.9 Å². The van der Waals surface area contributed by atoms with Crippen LogP contribution in [-0.2, 0) is 0 Å². The predicted octanol–water partition coefficient (Wildman–Crippen LogP) is 3.24.